The third-order valence-corrected chi connectivity index (χ3v) is 5.81. The van der Waals surface area contributed by atoms with E-state index in [1.165, 1.54) is 12.3 Å². The molecule has 2 atom stereocenters. The Balaban J connectivity index is 1.57. The van der Waals surface area contributed by atoms with Crippen molar-refractivity contribution in [2.24, 2.45) is 5.92 Å². The molecule has 4 aromatic rings. The maximum Gasteiger partial charge on any atom is 0.163 e. The molecule has 1 aliphatic rings. The van der Waals surface area contributed by atoms with E-state index in [1.807, 2.05) is 30.3 Å². The second kappa shape index (κ2) is 7.52. The number of halogens is 2. The molecule has 5 rings (SSSR count). The molecule has 29 heavy (non-hydrogen) atoms. The molecule has 0 spiro atoms. The van der Waals surface area contributed by atoms with Gasteiger partial charge in [0, 0.05) is 11.6 Å². The van der Waals surface area contributed by atoms with E-state index in [2.05, 4.69) is 10.3 Å². The number of aromatic nitrogens is 3. The number of hydrogen-bond donors (Lipinski definition) is 1. The van der Waals surface area contributed by atoms with Gasteiger partial charge in [0.2, 0.25) is 0 Å². The molecule has 0 saturated carbocycles. The van der Waals surface area contributed by atoms with Gasteiger partial charge in [0.25, 0.3) is 0 Å². The third-order valence-electron chi connectivity index (χ3n) is 5.81. The Morgan fingerprint density at radius 2 is 1.97 bits per heavy atom. The molecule has 4 heterocycles. The predicted molar refractivity (Wildman–Crippen MR) is 110 cm³/mol. The molecule has 148 valence electrons. The molecule has 1 aromatic carbocycles. The number of hydrogen-bond acceptors (Lipinski definition) is 3. The number of fused-ring (bicyclic) bond motifs is 2. The van der Waals surface area contributed by atoms with E-state index in [4.69, 9.17) is 4.98 Å². The lowest BCUT2D eigenvalue weighted by Gasteiger charge is -2.19. The van der Waals surface area contributed by atoms with E-state index in [9.17, 15) is 8.78 Å². The molecule has 0 bridgehead atoms. The predicted octanol–water partition coefficient (Wildman–Crippen LogP) is 4.57. The first kappa shape index (κ1) is 18.2. The monoisotopic (exact) mass is 392 g/mol. The Morgan fingerprint density at radius 3 is 2.90 bits per heavy atom. The molecule has 1 saturated heterocycles. The Bertz CT molecular complexity index is 1170. The molecule has 3 aromatic heterocycles. The maximum absolute atomic E-state index is 14.6. The topological polar surface area (TPSA) is 42.2 Å². The molecule has 6 heteroatoms. The summed E-state index contributed by atoms with van der Waals surface area (Å²) in [4.78, 5) is 9.32. The summed E-state index contributed by atoms with van der Waals surface area (Å²) in [5.41, 5.74) is 3.39. The molecule has 1 aliphatic heterocycles. The van der Waals surface area contributed by atoms with Crippen LogP contribution in [0.5, 0.6) is 0 Å². The van der Waals surface area contributed by atoms with Gasteiger partial charge in [-0.15, -0.1) is 0 Å². The lowest BCUT2D eigenvalue weighted by atomic mass is 9.90. The van der Waals surface area contributed by atoms with E-state index in [0.29, 0.717) is 24.4 Å². The van der Waals surface area contributed by atoms with Gasteiger partial charge in [-0.05, 0) is 62.0 Å². The lowest BCUT2D eigenvalue weighted by Crippen LogP contribution is -2.18. The minimum absolute atomic E-state index is 0.0117. The molecule has 2 unspecified atom stereocenters. The van der Waals surface area contributed by atoms with Gasteiger partial charge in [-0.3, -0.25) is 4.40 Å². The molecular formula is C23H22F2N4. The van der Waals surface area contributed by atoms with Gasteiger partial charge in [0.1, 0.15) is 17.7 Å². The quantitative estimate of drug-likeness (QED) is 0.555. The summed E-state index contributed by atoms with van der Waals surface area (Å²) in [6.07, 6.45) is 4.36. The number of alkyl halides is 1. The first-order valence-electron chi connectivity index (χ1n) is 10.1. The Hall–Kier alpha value is -2.86. The number of nitrogens with one attached hydrogen (secondary N) is 1. The SMILES string of the molecule is Fc1ccc2cnc(-c3ccc4cccc(CC5CCNCCC5F)c4n3)n2c1. The van der Waals surface area contributed by atoms with Gasteiger partial charge in [0.15, 0.2) is 5.82 Å². The fourth-order valence-corrected chi connectivity index (χ4v) is 4.23. The largest absolute Gasteiger partial charge is 0.317 e. The van der Waals surface area contributed by atoms with Gasteiger partial charge >= 0.3 is 0 Å². The highest BCUT2D eigenvalue weighted by atomic mass is 19.1. The van der Waals surface area contributed by atoms with Crippen molar-refractivity contribution < 1.29 is 8.78 Å². The summed E-state index contributed by atoms with van der Waals surface area (Å²) >= 11 is 0. The highest BCUT2D eigenvalue weighted by Gasteiger charge is 2.24. The molecule has 1 fully saturated rings. The normalized spacial score (nSPS) is 20.2. The summed E-state index contributed by atoms with van der Waals surface area (Å²) in [7, 11) is 0. The van der Waals surface area contributed by atoms with Crippen molar-refractivity contribution in [1.82, 2.24) is 19.7 Å². The summed E-state index contributed by atoms with van der Waals surface area (Å²) in [5.74, 6) is 0.259. The van der Waals surface area contributed by atoms with Crippen LogP contribution in [0.4, 0.5) is 8.78 Å². The Kier molecular flexibility index (Phi) is 4.72. The van der Waals surface area contributed by atoms with Crippen LogP contribution in [0.25, 0.3) is 27.9 Å². The summed E-state index contributed by atoms with van der Waals surface area (Å²) in [6, 6.07) is 13.1. The zero-order chi connectivity index (χ0) is 19.8. The van der Waals surface area contributed by atoms with Crippen LogP contribution in [0.3, 0.4) is 0 Å². The Labute approximate surface area is 167 Å². The summed E-state index contributed by atoms with van der Waals surface area (Å²) in [5, 5.41) is 4.30. The van der Waals surface area contributed by atoms with Gasteiger partial charge < -0.3 is 5.32 Å². The second-order valence-electron chi connectivity index (χ2n) is 7.72. The molecule has 0 radical (unpaired) electrons. The highest BCUT2D eigenvalue weighted by Crippen LogP contribution is 2.28. The van der Waals surface area contributed by atoms with Gasteiger partial charge in [-0.2, -0.15) is 0 Å². The molecular weight excluding hydrogens is 370 g/mol. The van der Waals surface area contributed by atoms with Crippen LogP contribution in [0.2, 0.25) is 0 Å². The minimum atomic E-state index is -0.803. The fourth-order valence-electron chi connectivity index (χ4n) is 4.23. The number of rotatable bonds is 3. The second-order valence-corrected chi connectivity index (χ2v) is 7.72. The van der Waals surface area contributed by atoms with Crippen LogP contribution in [-0.2, 0) is 6.42 Å². The highest BCUT2D eigenvalue weighted by molar-refractivity contribution is 5.84. The molecule has 1 N–H and O–H groups in total. The van der Waals surface area contributed by atoms with Crippen LogP contribution in [0, 0.1) is 11.7 Å². The van der Waals surface area contributed by atoms with Gasteiger partial charge in [-0.1, -0.05) is 24.3 Å². The van der Waals surface area contributed by atoms with E-state index in [1.54, 1.807) is 16.7 Å². The van der Waals surface area contributed by atoms with Crippen molar-refractivity contribution in [3.8, 4) is 11.5 Å². The smallest absolute Gasteiger partial charge is 0.163 e. The van der Waals surface area contributed by atoms with Gasteiger partial charge in [0.05, 0.1) is 17.2 Å². The van der Waals surface area contributed by atoms with Gasteiger partial charge in [-0.25, -0.2) is 18.7 Å². The summed E-state index contributed by atoms with van der Waals surface area (Å²) < 4.78 is 30.1. The third kappa shape index (κ3) is 3.49. The average Bonchev–Trinajstić information content (AvgIpc) is 3.04. The number of imidazole rings is 1. The van der Waals surface area contributed by atoms with E-state index < -0.39 is 6.17 Å². The molecule has 0 amide bonds. The van der Waals surface area contributed by atoms with E-state index >= 15 is 0 Å². The van der Waals surface area contributed by atoms with Crippen LogP contribution in [0.1, 0.15) is 18.4 Å². The van der Waals surface area contributed by atoms with Crippen LogP contribution >= 0.6 is 0 Å². The Morgan fingerprint density at radius 1 is 1.07 bits per heavy atom. The standard InChI is InChI=1S/C23H22F2N4/c24-18-5-6-19-13-27-23(29(19)14-18)21-7-4-15-2-1-3-17(22(15)28-21)12-16-8-10-26-11-9-20(16)25/h1-7,13-14,16,20,26H,8-12H2. The van der Waals surface area contributed by atoms with E-state index in [-0.39, 0.29) is 11.7 Å². The first-order valence-corrected chi connectivity index (χ1v) is 10.1. The van der Waals surface area contributed by atoms with Crippen molar-refractivity contribution >= 4 is 16.4 Å². The van der Waals surface area contributed by atoms with E-state index in [0.717, 1.165) is 41.5 Å². The van der Waals surface area contributed by atoms with Crippen LogP contribution < -0.4 is 5.32 Å². The number of para-hydroxylation sites is 1. The maximum atomic E-state index is 14.6. The number of pyridine rings is 2. The number of benzene rings is 1. The van der Waals surface area contributed by atoms with Crippen LogP contribution in [0.15, 0.2) is 54.9 Å². The lowest BCUT2D eigenvalue weighted by molar-refractivity contribution is 0.219. The van der Waals surface area contributed by atoms with Crippen molar-refractivity contribution in [2.45, 2.75) is 25.4 Å². The van der Waals surface area contributed by atoms with Crippen molar-refractivity contribution in [3.63, 3.8) is 0 Å². The van der Waals surface area contributed by atoms with Crippen molar-refractivity contribution in [2.75, 3.05) is 13.1 Å². The minimum Gasteiger partial charge on any atom is -0.317 e. The molecule has 0 aliphatic carbocycles. The zero-order valence-corrected chi connectivity index (χ0v) is 16.0. The van der Waals surface area contributed by atoms with Crippen molar-refractivity contribution in [1.29, 1.82) is 0 Å². The zero-order valence-electron chi connectivity index (χ0n) is 16.0. The average molecular weight is 392 g/mol. The van der Waals surface area contributed by atoms with Crippen LogP contribution in [-0.4, -0.2) is 33.6 Å². The number of nitrogens with zero attached hydrogens (tertiary/aromatic N) is 3. The van der Waals surface area contributed by atoms with Crippen molar-refractivity contribution in [3.05, 3.63) is 66.2 Å². The fraction of sp³-hybridized carbons (Fsp3) is 0.304. The summed E-state index contributed by atoms with van der Waals surface area (Å²) in [6.45, 7) is 1.58. The first-order chi connectivity index (χ1) is 14.2. The molecule has 4 nitrogen and oxygen atoms in total.